The number of aromatic nitrogens is 1. The molecule has 7 heteroatoms. The van der Waals surface area contributed by atoms with Gasteiger partial charge in [0.25, 0.3) is 0 Å². The molecule has 0 aliphatic rings. The highest BCUT2D eigenvalue weighted by molar-refractivity contribution is 6.37. The first kappa shape index (κ1) is 18.0. The number of anilines is 1. The van der Waals surface area contributed by atoms with E-state index in [0.717, 1.165) is 0 Å². The van der Waals surface area contributed by atoms with Crippen molar-refractivity contribution in [2.45, 2.75) is 6.92 Å². The van der Waals surface area contributed by atoms with Crippen molar-refractivity contribution in [3.63, 3.8) is 0 Å². The maximum absolute atomic E-state index is 12.4. The third-order valence-electron chi connectivity index (χ3n) is 3.39. The van der Waals surface area contributed by atoms with E-state index in [1.54, 1.807) is 31.3 Å². The number of nitrogens with two attached hydrogens (primary N) is 1. The van der Waals surface area contributed by atoms with Crippen LogP contribution in [-0.4, -0.2) is 23.7 Å². The number of ketones is 1. The van der Waals surface area contributed by atoms with Crippen molar-refractivity contribution in [2.75, 3.05) is 11.9 Å². The molecule has 0 saturated carbocycles. The number of benzene rings is 1. The van der Waals surface area contributed by atoms with Crippen LogP contribution in [0.15, 0.2) is 42.6 Å². The predicted octanol–water partition coefficient (Wildman–Crippen LogP) is 3.55. The largest absolute Gasteiger partial charge is 0.398 e. The second-order valence-corrected chi connectivity index (χ2v) is 5.85. The number of nitrogens with zero attached hydrogens (tertiary/aromatic N) is 2. The van der Waals surface area contributed by atoms with Crippen molar-refractivity contribution in [2.24, 2.45) is 5.73 Å². The van der Waals surface area contributed by atoms with Crippen LogP contribution in [0.1, 0.15) is 23.0 Å². The Kier molecular flexibility index (Phi) is 5.59. The van der Waals surface area contributed by atoms with E-state index in [0.29, 0.717) is 21.3 Å². The third-order valence-corrected chi connectivity index (χ3v) is 4.02. The van der Waals surface area contributed by atoms with E-state index in [1.165, 1.54) is 30.2 Å². The lowest BCUT2D eigenvalue weighted by atomic mass is 10.1. The van der Waals surface area contributed by atoms with Crippen molar-refractivity contribution >= 4 is 46.3 Å². The molecular weight excluding hydrogens is 349 g/mol. The molecule has 2 rings (SSSR count). The molecule has 0 aliphatic carbocycles. The van der Waals surface area contributed by atoms with Gasteiger partial charge in [-0.15, -0.1) is 0 Å². The molecule has 124 valence electrons. The van der Waals surface area contributed by atoms with Crippen LogP contribution in [0, 0.1) is 0 Å². The van der Waals surface area contributed by atoms with Crippen LogP contribution in [-0.2, 0) is 4.79 Å². The molecule has 1 aromatic carbocycles. The lowest BCUT2D eigenvalue weighted by Gasteiger charge is -2.15. The van der Waals surface area contributed by atoms with Gasteiger partial charge in [0, 0.05) is 43.2 Å². The summed E-state index contributed by atoms with van der Waals surface area (Å²) >= 11 is 12.2. The summed E-state index contributed by atoms with van der Waals surface area (Å²) in [5.74, 6) is -0.570. The van der Waals surface area contributed by atoms with Crippen molar-refractivity contribution in [1.29, 1.82) is 0 Å². The van der Waals surface area contributed by atoms with Gasteiger partial charge in [-0.05, 0) is 24.3 Å². The number of carbonyl (C=O) groups is 2. The Bertz CT molecular complexity index is 814. The standard InChI is InChI=1S/C17H15Cl2N3O2/c1-10(23)22(2)11-6-7-21-15(8-11)16(24)9-14(20)17-12(18)4-3-5-13(17)19/h3-9H,20H2,1-2H3. The minimum Gasteiger partial charge on any atom is -0.398 e. The summed E-state index contributed by atoms with van der Waals surface area (Å²) in [7, 11) is 1.61. The smallest absolute Gasteiger partial charge is 0.223 e. The lowest BCUT2D eigenvalue weighted by molar-refractivity contribution is -0.116. The summed E-state index contributed by atoms with van der Waals surface area (Å²) in [6.07, 6.45) is 2.67. The number of hydrogen-bond donors (Lipinski definition) is 1. The predicted molar refractivity (Wildman–Crippen MR) is 96.3 cm³/mol. The Balaban J connectivity index is 2.36. The molecular formula is C17H15Cl2N3O2. The highest BCUT2D eigenvalue weighted by Gasteiger charge is 2.13. The highest BCUT2D eigenvalue weighted by atomic mass is 35.5. The van der Waals surface area contributed by atoms with Gasteiger partial charge < -0.3 is 10.6 Å². The number of rotatable bonds is 4. The molecule has 24 heavy (non-hydrogen) atoms. The summed E-state index contributed by atoms with van der Waals surface area (Å²) < 4.78 is 0. The summed E-state index contributed by atoms with van der Waals surface area (Å²) in [5, 5.41) is 0.698. The number of halogens is 2. The normalized spacial score (nSPS) is 11.2. The number of allylic oxidation sites excluding steroid dienone is 1. The van der Waals surface area contributed by atoms with E-state index in [-0.39, 0.29) is 17.3 Å². The van der Waals surface area contributed by atoms with E-state index >= 15 is 0 Å². The fraction of sp³-hybridized carbons (Fsp3) is 0.118. The van der Waals surface area contributed by atoms with E-state index in [1.807, 2.05) is 0 Å². The molecule has 0 spiro atoms. The monoisotopic (exact) mass is 363 g/mol. The molecule has 0 atom stereocenters. The van der Waals surface area contributed by atoms with Crippen LogP contribution in [0.2, 0.25) is 10.0 Å². The van der Waals surface area contributed by atoms with Crippen LogP contribution in [0.25, 0.3) is 5.70 Å². The Morgan fingerprint density at radius 1 is 1.21 bits per heavy atom. The van der Waals surface area contributed by atoms with Crippen LogP contribution in [0.5, 0.6) is 0 Å². The minimum absolute atomic E-state index is 0.141. The molecule has 5 nitrogen and oxygen atoms in total. The first-order chi connectivity index (χ1) is 11.3. The summed E-state index contributed by atoms with van der Waals surface area (Å²) in [6, 6.07) is 8.10. The molecule has 0 bridgehead atoms. The first-order valence-corrected chi connectivity index (χ1v) is 7.73. The molecule has 1 aromatic heterocycles. The van der Waals surface area contributed by atoms with Gasteiger partial charge in [-0.1, -0.05) is 29.3 Å². The Hall–Kier alpha value is -2.37. The number of amides is 1. The summed E-state index contributed by atoms with van der Waals surface area (Å²) in [5.41, 5.74) is 7.21. The molecule has 0 fully saturated rings. The number of carbonyl (C=O) groups excluding carboxylic acids is 2. The Morgan fingerprint density at radius 2 is 1.83 bits per heavy atom. The van der Waals surface area contributed by atoms with Gasteiger partial charge in [-0.3, -0.25) is 14.6 Å². The highest BCUT2D eigenvalue weighted by Crippen LogP contribution is 2.28. The topological polar surface area (TPSA) is 76.3 Å². The van der Waals surface area contributed by atoms with Crippen LogP contribution in [0.4, 0.5) is 5.69 Å². The number of pyridine rings is 1. The van der Waals surface area contributed by atoms with Gasteiger partial charge in [-0.25, -0.2) is 0 Å². The van der Waals surface area contributed by atoms with E-state index in [4.69, 9.17) is 28.9 Å². The molecule has 1 heterocycles. The van der Waals surface area contributed by atoms with Crippen molar-refractivity contribution in [3.05, 3.63) is 63.9 Å². The average Bonchev–Trinajstić information content (AvgIpc) is 2.53. The molecule has 2 aromatic rings. The van der Waals surface area contributed by atoms with Gasteiger partial charge in [0.15, 0.2) is 0 Å². The number of hydrogen-bond acceptors (Lipinski definition) is 4. The molecule has 0 unspecified atom stereocenters. The van der Waals surface area contributed by atoms with Gasteiger partial charge in [0.2, 0.25) is 11.7 Å². The molecule has 1 amide bonds. The van der Waals surface area contributed by atoms with Crippen molar-refractivity contribution in [1.82, 2.24) is 4.98 Å². The first-order valence-electron chi connectivity index (χ1n) is 6.97. The summed E-state index contributed by atoms with van der Waals surface area (Å²) in [4.78, 5) is 29.2. The molecule has 0 aliphatic heterocycles. The second kappa shape index (κ2) is 7.47. The Labute approximate surface area is 149 Å². The quantitative estimate of drug-likeness (QED) is 0.665. The van der Waals surface area contributed by atoms with Crippen molar-refractivity contribution in [3.8, 4) is 0 Å². The fourth-order valence-electron chi connectivity index (χ4n) is 2.01. The van der Waals surface area contributed by atoms with E-state index in [9.17, 15) is 9.59 Å². The zero-order valence-corrected chi connectivity index (χ0v) is 14.6. The molecule has 0 saturated heterocycles. The van der Waals surface area contributed by atoms with Crippen LogP contribution in [0.3, 0.4) is 0 Å². The Morgan fingerprint density at radius 3 is 2.42 bits per heavy atom. The van der Waals surface area contributed by atoms with Gasteiger partial charge in [0.05, 0.1) is 10.0 Å². The molecule has 2 N–H and O–H groups in total. The van der Waals surface area contributed by atoms with Crippen molar-refractivity contribution < 1.29 is 9.59 Å². The third kappa shape index (κ3) is 3.93. The zero-order valence-electron chi connectivity index (χ0n) is 13.1. The van der Waals surface area contributed by atoms with Gasteiger partial charge >= 0.3 is 0 Å². The minimum atomic E-state index is -0.415. The maximum Gasteiger partial charge on any atom is 0.223 e. The van der Waals surface area contributed by atoms with Crippen LogP contribution >= 0.6 is 23.2 Å². The lowest BCUT2D eigenvalue weighted by Crippen LogP contribution is -2.23. The van der Waals surface area contributed by atoms with Gasteiger partial charge in [0.1, 0.15) is 5.69 Å². The van der Waals surface area contributed by atoms with Crippen LogP contribution < -0.4 is 10.6 Å². The maximum atomic E-state index is 12.4. The SMILES string of the molecule is CC(=O)N(C)c1ccnc(C(=O)C=C(N)c2c(Cl)cccc2Cl)c1. The zero-order chi connectivity index (χ0) is 17.9. The average molecular weight is 364 g/mol. The van der Waals surface area contributed by atoms with E-state index in [2.05, 4.69) is 4.98 Å². The van der Waals surface area contributed by atoms with Gasteiger partial charge in [-0.2, -0.15) is 0 Å². The second-order valence-electron chi connectivity index (χ2n) is 5.04. The van der Waals surface area contributed by atoms with E-state index < -0.39 is 5.78 Å². The summed E-state index contributed by atoms with van der Waals surface area (Å²) in [6.45, 7) is 1.43. The fourth-order valence-corrected chi connectivity index (χ4v) is 2.62. The molecule has 0 radical (unpaired) electrons.